The number of nitrogens with zero attached hydrogens (tertiary/aromatic N) is 1. The van der Waals surface area contributed by atoms with Crippen LogP contribution in [0.3, 0.4) is 0 Å². The minimum Gasteiger partial charge on any atom is -0.379 e. The molecule has 0 saturated carbocycles. The van der Waals surface area contributed by atoms with Crippen LogP contribution in [-0.2, 0) is 0 Å². The molecule has 0 unspecified atom stereocenters. The third kappa shape index (κ3) is 3.73. The topological polar surface area (TPSA) is 55.2 Å². The summed E-state index contributed by atoms with van der Waals surface area (Å²) in [5.41, 5.74) is 1.81. The second-order valence-corrected chi connectivity index (χ2v) is 4.34. The van der Waals surface area contributed by atoms with Gasteiger partial charge in [0.2, 0.25) is 0 Å². The minimum absolute atomic E-state index is 0.154. The van der Waals surface area contributed by atoms with E-state index in [0.29, 0.717) is 11.6 Å². The fourth-order valence-electron chi connectivity index (χ4n) is 1.78. The van der Waals surface area contributed by atoms with Crippen LogP contribution in [0.5, 0.6) is 0 Å². The number of hydrogen-bond donors (Lipinski definition) is 1. The number of nitro benzene ring substituents is 1. The summed E-state index contributed by atoms with van der Waals surface area (Å²) in [5.74, 6) is 0.565. The van der Waals surface area contributed by atoms with E-state index < -0.39 is 0 Å². The molecule has 0 aromatic heterocycles. The zero-order valence-corrected chi connectivity index (χ0v) is 10.7. The Hall–Kier alpha value is -1.58. The number of anilines is 1. The molecular weight excluding hydrogens is 216 g/mol. The maximum atomic E-state index is 10.9. The maximum Gasteiger partial charge on any atom is 0.292 e. The molecule has 4 heteroatoms. The molecule has 0 aliphatic rings. The summed E-state index contributed by atoms with van der Waals surface area (Å²) >= 11 is 0. The highest BCUT2D eigenvalue weighted by Gasteiger charge is 2.14. The van der Waals surface area contributed by atoms with Crippen LogP contribution in [0.15, 0.2) is 18.2 Å². The molecule has 94 valence electrons. The van der Waals surface area contributed by atoms with Gasteiger partial charge in [-0.15, -0.1) is 0 Å². The first-order valence-corrected chi connectivity index (χ1v) is 6.07. The Kier molecular flexibility index (Phi) is 4.94. The van der Waals surface area contributed by atoms with Crippen LogP contribution in [0.2, 0.25) is 0 Å². The molecule has 0 bridgehead atoms. The van der Waals surface area contributed by atoms with Gasteiger partial charge in [-0.05, 0) is 24.5 Å². The van der Waals surface area contributed by atoms with Crippen molar-refractivity contribution in [2.75, 3.05) is 11.9 Å². The van der Waals surface area contributed by atoms with Gasteiger partial charge in [-0.3, -0.25) is 10.1 Å². The fourth-order valence-corrected chi connectivity index (χ4v) is 1.78. The smallest absolute Gasteiger partial charge is 0.292 e. The van der Waals surface area contributed by atoms with Crippen molar-refractivity contribution in [3.05, 3.63) is 33.9 Å². The van der Waals surface area contributed by atoms with Crippen molar-refractivity contribution in [2.45, 2.75) is 33.6 Å². The van der Waals surface area contributed by atoms with E-state index in [1.54, 1.807) is 12.1 Å². The number of aryl methyl sites for hydroxylation is 1. The van der Waals surface area contributed by atoms with E-state index in [1.807, 2.05) is 13.0 Å². The Labute approximate surface area is 102 Å². The molecule has 1 aromatic carbocycles. The van der Waals surface area contributed by atoms with Crippen molar-refractivity contribution in [1.82, 2.24) is 0 Å². The summed E-state index contributed by atoms with van der Waals surface area (Å²) in [4.78, 5) is 10.5. The third-order valence-electron chi connectivity index (χ3n) is 3.08. The van der Waals surface area contributed by atoms with Gasteiger partial charge in [0.15, 0.2) is 0 Å². The average molecular weight is 236 g/mol. The quantitative estimate of drug-likeness (QED) is 0.604. The molecule has 0 radical (unpaired) electrons. The van der Waals surface area contributed by atoms with E-state index in [4.69, 9.17) is 0 Å². The molecule has 1 rings (SSSR count). The lowest BCUT2D eigenvalue weighted by molar-refractivity contribution is -0.384. The van der Waals surface area contributed by atoms with Gasteiger partial charge in [-0.2, -0.15) is 0 Å². The molecule has 0 atom stereocenters. The normalized spacial score (nSPS) is 10.6. The summed E-state index contributed by atoms with van der Waals surface area (Å²) in [6, 6.07) is 5.16. The Bertz CT molecular complexity index is 387. The lowest BCUT2D eigenvalue weighted by Gasteiger charge is -2.14. The summed E-state index contributed by atoms with van der Waals surface area (Å²) in [6.45, 7) is 7.00. The van der Waals surface area contributed by atoms with E-state index in [0.717, 1.165) is 24.9 Å². The Morgan fingerprint density at radius 3 is 2.53 bits per heavy atom. The molecule has 1 N–H and O–H groups in total. The summed E-state index contributed by atoms with van der Waals surface area (Å²) in [6.07, 6.45) is 2.17. The first kappa shape index (κ1) is 13.5. The summed E-state index contributed by atoms with van der Waals surface area (Å²) < 4.78 is 0. The van der Waals surface area contributed by atoms with E-state index in [1.165, 1.54) is 0 Å². The molecule has 1 aromatic rings. The predicted octanol–water partition coefficient (Wildman–Crippen LogP) is 3.75. The van der Waals surface area contributed by atoms with Crippen LogP contribution < -0.4 is 5.32 Å². The predicted molar refractivity (Wildman–Crippen MR) is 70.4 cm³/mol. The Morgan fingerprint density at radius 1 is 1.35 bits per heavy atom. The van der Waals surface area contributed by atoms with Crippen LogP contribution in [0.1, 0.15) is 32.3 Å². The highest BCUT2D eigenvalue weighted by Crippen LogP contribution is 2.25. The molecule has 0 aliphatic heterocycles. The molecule has 0 amide bonds. The molecular formula is C13H20N2O2. The van der Waals surface area contributed by atoms with Gasteiger partial charge < -0.3 is 5.32 Å². The standard InChI is InChI=1S/C13H20N2O2/c1-4-11(5-2)9-14-12-8-10(3)6-7-13(12)15(16)17/h6-8,11,14H,4-5,9H2,1-3H3. The SMILES string of the molecule is CCC(CC)CNc1cc(C)ccc1[N+](=O)[O-]. The van der Waals surface area contributed by atoms with Crippen molar-refractivity contribution >= 4 is 11.4 Å². The first-order valence-electron chi connectivity index (χ1n) is 6.07. The van der Waals surface area contributed by atoms with E-state index >= 15 is 0 Å². The van der Waals surface area contributed by atoms with Crippen molar-refractivity contribution in [3.8, 4) is 0 Å². The van der Waals surface area contributed by atoms with E-state index in [-0.39, 0.29) is 10.6 Å². The largest absolute Gasteiger partial charge is 0.379 e. The van der Waals surface area contributed by atoms with Crippen molar-refractivity contribution in [1.29, 1.82) is 0 Å². The molecule has 0 heterocycles. The van der Waals surface area contributed by atoms with E-state index in [9.17, 15) is 10.1 Å². The molecule has 0 spiro atoms. The van der Waals surface area contributed by atoms with Crippen LogP contribution in [0.25, 0.3) is 0 Å². The highest BCUT2D eigenvalue weighted by atomic mass is 16.6. The molecule has 0 fully saturated rings. The average Bonchev–Trinajstić information content (AvgIpc) is 2.30. The molecule has 0 aliphatic carbocycles. The molecule has 4 nitrogen and oxygen atoms in total. The third-order valence-corrected chi connectivity index (χ3v) is 3.08. The van der Waals surface area contributed by atoms with Gasteiger partial charge in [0.25, 0.3) is 5.69 Å². The Balaban J connectivity index is 2.81. The van der Waals surface area contributed by atoms with Crippen LogP contribution in [0.4, 0.5) is 11.4 Å². The van der Waals surface area contributed by atoms with Gasteiger partial charge in [-0.25, -0.2) is 0 Å². The highest BCUT2D eigenvalue weighted by molar-refractivity contribution is 5.62. The number of nitrogens with one attached hydrogen (secondary N) is 1. The maximum absolute atomic E-state index is 10.9. The number of hydrogen-bond acceptors (Lipinski definition) is 3. The van der Waals surface area contributed by atoms with Crippen molar-refractivity contribution in [2.24, 2.45) is 5.92 Å². The van der Waals surface area contributed by atoms with Gasteiger partial charge in [0, 0.05) is 12.6 Å². The monoisotopic (exact) mass is 236 g/mol. The molecule has 0 saturated heterocycles. The van der Waals surface area contributed by atoms with Crippen LogP contribution in [0, 0.1) is 23.0 Å². The zero-order chi connectivity index (χ0) is 12.8. The Morgan fingerprint density at radius 2 is 2.00 bits per heavy atom. The summed E-state index contributed by atoms with van der Waals surface area (Å²) in [7, 11) is 0. The van der Waals surface area contributed by atoms with Gasteiger partial charge in [-0.1, -0.05) is 32.8 Å². The van der Waals surface area contributed by atoms with Crippen LogP contribution >= 0.6 is 0 Å². The molecule has 17 heavy (non-hydrogen) atoms. The lowest BCUT2D eigenvalue weighted by Crippen LogP contribution is -2.13. The second kappa shape index (κ2) is 6.23. The zero-order valence-electron chi connectivity index (χ0n) is 10.7. The second-order valence-electron chi connectivity index (χ2n) is 4.34. The lowest BCUT2D eigenvalue weighted by atomic mass is 10.0. The first-order chi connectivity index (χ1) is 8.08. The fraction of sp³-hybridized carbons (Fsp3) is 0.538. The van der Waals surface area contributed by atoms with Crippen LogP contribution in [-0.4, -0.2) is 11.5 Å². The number of rotatable bonds is 6. The summed E-state index contributed by atoms with van der Waals surface area (Å²) in [5, 5.41) is 14.1. The van der Waals surface area contributed by atoms with Crippen molar-refractivity contribution < 1.29 is 4.92 Å². The minimum atomic E-state index is -0.339. The van der Waals surface area contributed by atoms with Gasteiger partial charge >= 0.3 is 0 Å². The van der Waals surface area contributed by atoms with Crippen molar-refractivity contribution in [3.63, 3.8) is 0 Å². The van der Waals surface area contributed by atoms with E-state index in [2.05, 4.69) is 19.2 Å². The number of benzene rings is 1. The van der Waals surface area contributed by atoms with Gasteiger partial charge in [0.05, 0.1) is 4.92 Å². The number of nitro groups is 1. The van der Waals surface area contributed by atoms with Gasteiger partial charge in [0.1, 0.15) is 5.69 Å².